The van der Waals surface area contributed by atoms with Gasteiger partial charge >= 0.3 is 6.09 Å². The minimum Gasteiger partial charge on any atom is -0.449 e. The summed E-state index contributed by atoms with van der Waals surface area (Å²) in [6.07, 6.45) is 4.48. The third kappa shape index (κ3) is 7.47. The fourth-order valence-electron chi connectivity index (χ4n) is 5.25. The summed E-state index contributed by atoms with van der Waals surface area (Å²) in [4.78, 5) is 14.2. The third-order valence-electron chi connectivity index (χ3n) is 7.41. The van der Waals surface area contributed by atoms with Crippen LogP contribution in [0.5, 0.6) is 0 Å². The van der Waals surface area contributed by atoms with Gasteiger partial charge < -0.3 is 19.5 Å². The van der Waals surface area contributed by atoms with Gasteiger partial charge in [-0.1, -0.05) is 64.4 Å². The minimum atomic E-state index is -0.465. The van der Waals surface area contributed by atoms with E-state index in [0.29, 0.717) is 37.7 Å². The highest BCUT2D eigenvalue weighted by Gasteiger charge is 2.32. The Bertz CT molecular complexity index is 1240. The van der Waals surface area contributed by atoms with Gasteiger partial charge in [0.25, 0.3) is 0 Å². The molecule has 0 bridgehead atoms. The average molecular weight is 538 g/mol. The number of nitrogens with one attached hydrogen (secondary N) is 1. The maximum Gasteiger partial charge on any atom is 0.409 e. The highest BCUT2D eigenvalue weighted by molar-refractivity contribution is 5.68. The first kappa shape index (κ1) is 28.8. The molecule has 0 saturated carbocycles. The summed E-state index contributed by atoms with van der Waals surface area (Å²) in [5, 5.41) is 3.78. The first-order valence-electron chi connectivity index (χ1n) is 14.0. The SMILES string of the molecule is CCCCOC(=O)N1CCC(CN[C@@H](c2cc(-c3cc(F)ccc3F)cn2Cc2ccccc2)C(C)(C)C)C1. The van der Waals surface area contributed by atoms with Crippen molar-refractivity contribution in [2.24, 2.45) is 11.3 Å². The van der Waals surface area contributed by atoms with E-state index in [1.165, 1.54) is 12.1 Å². The summed E-state index contributed by atoms with van der Waals surface area (Å²) in [6.45, 7) is 11.8. The number of carbonyl (C=O) groups is 1. The third-order valence-corrected chi connectivity index (χ3v) is 7.41. The minimum absolute atomic E-state index is 0.0582. The number of halogens is 2. The molecule has 39 heavy (non-hydrogen) atoms. The lowest BCUT2D eigenvalue weighted by molar-refractivity contribution is 0.108. The number of nitrogens with zero attached hydrogens (tertiary/aromatic N) is 2. The Kier molecular flexibility index (Phi) is 9.44. The van der Waals surface area contributed by atoms with Crippen molar-refractivity contribution in [3.8, 4) is 11.1 Å². The summed E-state index contributed by atoms with van der Waals surface area (Å²) in [5.74, 6) is -0.601. The molecule has 1 aromatic heterocycles. The quantitative estimate of drug-likeness (QED) is 0.274. The Labute approximate surface area is 231 Å². The Balaban J connectivity index is 1.57. The summed E-state index contributed by atoms with van der Waals surface area (Å²) < 4.78 is 36.4. The maximum atomic E-state index is 14.8. The second-order valence-corrected chi connectivity index (χ2v) is 11.7. The highest BCUT2D eigenvalue weighted by atomic mass is 19.1. The molecule has 1 aliphatic rings. The molecule has 2 heterocycles. The predicted octanol–water partition coefficient (Wildman–Crippen LogP) is 7.42. The molecule has 7 heteroatoms. The molecule has 210 valence electrons. The lowest BCUT2D eigenvalue weighted by Crippen LogP contribution is -2.38. The van der Waals surface area contributed by atoms with Crippen LogP contribution in [0.15, 0.2) is 60.8 Å². The van der Waals surface area contributed by atoms with Crippen molar-refractivity contribution in [3.05, 3.63) is 83.7 Å². The fourth-order valence-corrected chi connectivity index (χ4v) is 5.25. The van der Waals surface area contributed by atoms with Gasteiger partial charge in [-0.25, -0.2) is 13.6 Å². The number of aromatic nitrogens is 1. The standard InChI is InChI=1S/C32H41F2N3O2/c1-5-6-16-39-31(38)36-15-14-24(21-36)19-35-30(32(2,3)4)29-17-25(27-18-26(33)12-13-28(27)34)22-37(29)20-23-10-8-7-9-11-23/h7-13,17-18,22,24,30,35H,5-6,14-16,19-21H2,1-4H3/t24?,30-/m0/s1. The summed E-state index contributed by atoms with van der Waals surface area (Å²) in [7, 11) is 0. The predicted molar refractivity (Wildman–Crippen MR) is 151 cm³/mol. The van der Waals surface area contributed by atoms with Crippen LogP contribution >= 0.6 is 0 Å². The van der Waals surface area contributed by atoms with E-state index in [1.807, 2.05) is 30.5 Å². The van der Waals surface area contributed by atoms with Crippen molar-refractivity contribution in [2.75, 3.05) is 26.2 Å². The second kappa shape index (κ2) is 12.8. The van der Waals surface area contributed by atoms with Gasteiger partial charge in [0, 0.05) is 49.2 Å². The number of hydrogen-bond acceptors (Lipinski definition) is 3. The lowest BCUT2D eigenvalue weighted by atomic mass is 9.84. The smallest absolute Gasteiger partial charge is 0.409 e. The molecular formula is C32H41F2N3O2. The fraction of sp³-hybridized carbons (Fsp3) is 0.469. The van der Waals surface area contributed by atoms with E-state index in [-0.39, 0.29) is 23.1 Å². The van der Waals surface area contributed by atoms with Crippen molar-refractivity contribution in [1.29, 1.82) is 0 Å². The molecule has 1 aliphatic heterocycles. The number of ether oxygens (including phenoxy) is 1. The van der Waals surface area contributed by atoms with Crippen LogP contribution in [-0.2, 0) is 11.3 Å². The van der Waals surface area contributed by atoms with E-state index in [4.69, 9.17) is 4.74 Å². The van der Waals surface area contributed by atoms with Crippen LogP contribution in [0, 0.1) is 23.0 Å². The van der Waals surface area contributed by atoms with Crippen LogP contribution in [0.1, 0.15) is 64.3 Å². The van der Waals surface area contributed by atoms with E-state index >= 15 is 0 Å². The topological polar surface area (TPSA) is 46.5 Å². The van der Waals surface area contributed by atoms with E-state index < -0.39 is 11.6 Å². The normalized spacial score (nSPS) is 16.5. The van der Waals surface area contributed by atoms with Gasteiger partial charge in [-0.15, -0.1) is 0 Å². The van der Waals surface area contributed by atoms with Crippen LogP contribution in [0.25, 0.3) is 11.1 Å². The second-order valence-electron chi connectivity index (χ2n) is 11.7. The lowest BCUT2D eigenvalue weighted by Gasteiger charge is -2.33. The molecule has 1 N–H and O–H groups in total. The maximum absolute atomic E-state index is 14.8. The highest BCUT2D eigenvalue weighted by Crippen LogP contribution is 2.37. The van der Waals surface area contributed by atoms with Crippen molar-refractivity contribution in [1.82, 2.24) is 14.8 Å². The number of benzene rings is 2. The number of hydrogen-bond donors (Lipinski definition) is 1. The van der Waals surface area contributed by atoms with Gasteiger partial charge in [0.15, 0.2) is 0 Å². The number of unbranched alkanes of at least 4 members (excludes halogenated alkanes) is 1. The van der Waals surface area contributed by atoms with Gasteiger partial charge in [-0.05, 0) is 54.0 Å². The number of rotatable bonds is 10. The van der Waals surface area contributed by atoms with E-state index in [2.05, 4.69) is 49.7 Å². The number of likely N-dealkylation sites (tertiary alicyclic amines) is 1. The van der Waals surface area contributed by atoms with Gasteiger partial charge in [0.2, 0.25) is 0 Å². The van der Waals surface area contributed by atoms with Crippen molar-refractivity contribution < 1.29 is 18.3 Å². The average Bonchev–Trinajstić information content (AvgIpc) is 3.53. The van der Waals surface area contributed by atoms with Gasteiger partial charge in [-0.3, -0.25) is 0 Å². The van der Waals surface area contributed by atoms with E-state index in [0.717, 1.165) is 43.1 Å². The first-order chi connectivity index (χ1) is 18.7. The van der Waals surface area contributed by atoms with Crippen LogP contribution < -0.4 is 5.32 Å². The van der Waals surface area contributed by atoms with Crippen molar-refractivity contribution >= 4 is 6.09 Å². The zero-order valence-electron chi connectivity index (χ0n) is 23.6. The summed E-state index contributed by atoms with van der Waals surface area (Å²) in [5.41, 5.74) is 2.88. The van der Waals surface area contributed by atoms with Crippen molar-refractivity contribution in [2.45, 2.75) is 59.5 Å². The molecule has 1 unspecified atom stereocenters. The Morgan fingerprint density at radius 3 is 2.62 bits per heavy atom. The summed E-state index contributed by atoms with van der Waals surface area (Å²) in [6, 6.07) is 15.6. The molecular weight excluding hydrogens is 496 g/mol. The molecule has 1 saturated heterocycles. The molecule has 2 atom stereocenters. The number of carbonyl (C=O) groups excluding carboxylic acids is 1. The molecule has 1 amide bonds. The first-order valence-corrected chi connectivity index (χ1v) is 14.0. The zero-order chi connectivity index (χ0) is 28.0. The largest absolute Gasteiger partial charge is 0.449 e. The van der Waals surface area contributed by atoms with Gasteiger partial charge in [0.1, 0.15) is 11.6 Å². The zero-order valence-corrected chi connectivity index (χ0v) is 23.6. The van der Waals surface area contributed by atoms with E-state index in [9.17, 15) is 13.6 Å². The van der Waals surface area contributed by atoms with Crippen LogP contribution in [-0.4, -0.2) is 41.8 Å². The molecule has 0 aliphatic carbocycles. The van der Waals surface area contributed by atoms with Crippen LogP contribution in [0.2, 0.25) is 0 Å². The molecule has 0 radical (unpaired) electrons. The Morgan fingerprint density at radius 2 is 1.90 bits per heavy atom. The Hall–Kier alpha value is -3.19. The molecule has 2 aromatic carbocycles. The van der Waals surface area contributed by atoms with Crippen LogP contribution in [0.4, 0.5) is 13.6 Å². The van der Waals surface area contributed by atoms with Gasteiger partial charge in [-0.2, -0.15) is 0 Å². The molecule has 0 spiro atoms. The molecule has 5 nitrogen and oxygen atoms in total. The number of amides is 1. The summed E-state index contributed by atoms with van der Waals surface area (Å²) >= 11 is 0. The molecule has 4 rings (SSSR count). The Morgan fingerprint density at radius 1 is 1.13 bits per heavy atom. The molecule has 1 fully saturated rings. The van der Waals surface area contributed by atoms with Crippen LogP contribution in [0.3, 0.4) is 0 Å². The van der Waals surface area contributed by atoms with Crippen molar-refractivity contribution in [3.63, 3.8) is 0 Å². The van der Waals surface area contributed by atoms with Gasteiger partial charge in [0.05, 0.1) is 12.6 Å². The van der Waals surface area contributed by atoms with E-state index in [1.54, 1.807) is 4.90 Å². The monoisotopic (exact) mass is 537 g/mol. The molecule has 3 aromatic rings.